The second-order valence-corrected chi connectivity index (χ2v) is 5.46. The smallest absolute Gasteiger partial charge is 0.0624 e. The highest BCUT2D eigenvalue weighted by Gasteiger charge is 2.15. The van der Waals surface area contributed by atoms with Gasteiger partial charge >= 0.3 is 0 Å². The van der Waals surface area contributed by atoms with Gasteiger partial charge in [-0.3, -0.25) is 4.68 Å². The number of rotatable bonds is 5. The van der Waals surface area contributed by atoms with Crippen LogP contribution in [0, 0.1) is 6.92 Å². The van der Waals surface area contributed by atoms with Gasteiger partial charge in [0.15, 0.2) is 0 Å². The fourth-order valence-corrected chi connectivity index (χ4v) is 2.68. The van der Waals surface area contributed by atoms with E-state index in [1.54, 1.807) is 0 Å². The Balaban J connectivity index is 2.25. The van der Waals surface area contributed by atoms with Crippen molar-refractivity contribution in [2.75, 3.05) is 0 Å². The molecule has 1 aromatic heterocycles. The maximum atomic E-state index is 6.36. The Morgan fingerprint density at radius 2 is 2.10 bits per heavy atom. The largest absolute Gasteiger partial charge is 0.324 e. The van der Waals surface area contributed by atoms with Crippen molar-refractivity contribution in [3.8, 4) is 0 Å². The van der Waals surface area contributed by atoms with E-state index in [9.17, 15) is 0 Å². The Labute approximate surface area is 125 Å². The van der Waals surface area contributed by atoms with E-state index in [1.807, 2.05) is 29.8 Å². The second kappa shape index (κ2) is 6.42. The summed E-state index contributed by atoms with van der Waals surface area (Å²) in [7, 11) is 0. The van der Waals surface area contributed by atoms with Crippen molar-refractivity contribution in [2.24, 2.45) is 5.73 Å². The van der Waals surface area contributed by atoms with Gasteiger partial charge in [0.2, 0.25) is 0 Å². The van der Waals surface area contributed by atoms with Crippen LogP contribution in [-0.4, -0.2) is 9.78 Å². The van der Waals surface area contributed by atoms with Gasteiger partial charge in [-0.15, -0.1) is 0 Å². The zero-order chi connectivity index (χ0) is 14.7. The van der Waals surface area contributed by atoms with Crippen LogP contribution < -0.4 is 5.73 Å². The predicted molar refractivity (Wildman–Crippen MR) is 84.1 cm³/mol. The summed E-state index contributed by atoms with van der Waals surface area (Å²) in [5, 5.41) is 5.34. The summed E-state index contributed by atoms with van der Waals surface area (Å²) in [5.74, 6) is 0. The highest BCUT2D eigenvalue weighted by Crippen LogP contribution is 2.27. The zero-order valence-corrected chi connectivity index (χ0v) is 13.1. The summed E-state index contributed by atoms with van der Waals surface area (Å²) in [4.78, 5) is 0. The number of hydrogen-bond acceptors (Lipinski definition) is 2. The number of halogens is 1. The van der Waals surface area contributed by atoms with Gasteiger partial charge in [-0.05, 0) is 37.5 Å². The molecule has 4 heteroatoms. The minimum Gasteiger partial charge on any atom is -0.324 e. The maximum absolute atomic E-state index is 6.36. The summed E-state index contributed by atoms with van der Waals surface area (Å²) in [5.41, 5.74) is 10.7. The molecule has 20 heavy (non-hydrogen) atoms. The first kappa shape index (κ1) is 15.1. The highest BCUT2D eigenvalue weighted by molar-refractivity contribution is 6.32. The van der Waals surface area contributed by atoms with Gasteiger partial charge in [0.25, 0.3) is 0 Å². The van der Waals surface area contributed by atoms with Crippen LogP contribution in [0.15, 0.2) is 24.3 Å². The summed E-state index contributed by atoms with van der Waals surface area (Å²) in [6.07, 6.45) is 1.70. The molecule has 1 aromatic carbocycles. The molecule has 108 valence electrons. The second-order valence-electron chi connectivity index (χ2n) is 5.09. The molecule has 0 aliphatic carbocycles. The van der Waals surface area contributed by atoms with Crippen LogP contribution in [0.2, 0.25) is 5.02 Å². The summed E-state index contributed by atoms with van der Waals surface area (Å²) in [6.45, 7) is 7.08. The molecule has 1 unspecified atom stereocenters. The third-order valence-electron chi connectivity index (χ3n) is 3.63. The number of hydrogen-bond donors (Lipinski definition) is 1. The van der Waals surface area contributed by atoms with Crippen LogP contribution in [0.5, 0.6) is 0 Å². The van der Waals surface area contributed by atoms with Gasteiger partial charge in [0.05, 0.1) is 5.69 Å². The topological polar surface area (TPSA) is 43.8 Å². The molecule has 0 fully saturated rings. The van der Waals surface area contributed by atoms with Crippen molar-refractivity contribution in [1.82, 2.24) is 9.78 Å². The Kier molecular flexibility index (Phi) is 4.84. The predicted octanol–water partition coefficient (Wildman–Crippen LogP) is 3.67. The lowest BCUT2D eigenvalue weighted by Crippen LogP contribution is -2.16. The van der Waals surface area contributed by atoms with Gasteiger partial charge in [0, 0.05) is 29.7 Å². The summed E-state index contributed by atoms with van der Waals surface area (Å²) >= 11 is 6.36. The molecule has 2 aromatic rings. The molecule has 0 aliphatic heterocycles. The normalized spacial score (nSPS) is 12.7. The van der Waals surface area contributed by atoms with E-state index in [0.29, 0.717) is 0 Å². The van der Waals surface area contributed by atoms with Crippen molar-refractivity contribution < 1.29 is 0 Å². The quantitative estimate of drug-likeness (QED) is 0.913. The average Bonchev–Trinajstić information content (AvgIpc) is 2.84. The van der Waals surface area contributed by atoms with E-state index in [-0.39, 0.29) is 6.04 Å². The molecule has 1 heterocycles. The molecule has 0 amide bonds. The number of aryl methyl sites for hydroxylation is 3. The van der Waals surface area contributed by atoms with E-state index in [4.69, 9.17) is 17.3 Å². The van der Waals surface area contributed by atoms with Crippen molar-refractivity contribution in [1.29, 1.82) is 0 Å². The first-order chi connectivity index (χ1) is 9.56. The number of nitrogens with zero attached hydrogens (tertiary/aromatic N) is 2. The fraction of sp³-hybridized carbons (Fsp3) is 0.438. The monoisotopic (exact) mass is 291 g/mol. The highest BCUT2D eigenvalue weighted by atomic mass is 35.5. The lowest BCUT2D eigenvalue weighted by Gasteiger charge is -2.15. The van der Waals surface area contributed by atoms with Crippen molar-refractivity contribution >= 4 is 11.6 Å². The first-order valence-corrected chi connectivity index (χ1v) is 7.50. The molecule has 0 aliphatic rings. The Bertz CT molecular complexity index is 589. The van der Waals surface area contributed by atoms with Gasteiger partial charge in [-0.2, -0.15) is 5.10 Å². The van der Waals surface area contributed by atoms with Crippen LogP contribution in [-0.2, 0) is 19.4 Å². The Morgan fingerprint density at radius 3 is 2.75 bits per heavy atom. The van der Waals surface area contributed by atoms with Gasteiger partial charge in [0.1, 0.15) is 0 Å². The van der Waals surface area contributed by atoms with E-state index in [2.05, 4.69) is 25.0 Å². The SMILES string of the molecule is CCc1cc(CC(N)c2cccc(C)c2Cl)n(CC)n1. The Morgan fingerprint density at radius 1 is 1.35 bits per heavy atom. The van der Waals surface area contributed by atoms with E-state index >= 15 is 0 Å². The van der Waals surface area contributed by atoms with E-state index in [0.717, 1.165) is 41.2 Å². The van der Waals surface area contributed by atoms with E-state index in [1.165, 1.54) is 5.69 Å². The standard InChI is InChI=1S/C16H22ClN3/c1-4-12-9-13(20(5-2)19-12)10-15(18)14-8-6-7-11(3)16(14)17/h6-9,15H,4-5,10,18H2,1-3H3. The third-order valence-corrected chi connectivity index (χ3v) is 4.14. The van der Waals surface area contributed by atoms with Gasteiger partial charge in [-0.25, -0.2) is 0 Å². The molecule has 0 spiro atoms. The van der Waals surface area contributed by atoms with Crippen LogP contribution in [0.3, 0.4) is 0 Å². The molecule has 0 bridgehead atoms. The zero-order valence-electron chi connectivity index (χ0n) is 12.4. The lowest BCUT2D eigenvalue weighted by atomic mass is 10.0. The number of benzene rings is 1. The molecule has 0 radical (unpaired) electrons. The maximum Gasteiger partial charge on any atom is 0.0624 e. The minimum atomic E-state index is -0.103. The molecule has 2 N–H and O–H groups in total. The average molecular weight is 292 g/mol. The number of nitrogens with two attached hydrogens (primary N) is 1. The fourth-order valence-electron chi connectivity index (χ4n) is 2.42. The molecule has 1 atom stereocenters. The molecular weight excluding hydrogens is 270 g/mol. The molecule has 0 saturated carbocycles. The molecule has 3 nitrogen and oxygen atoms in total. The minimum absolute atomic E-state index is 0.103. The van der Waals surface area contributed by atoms with Crippen LogP contribution in [0.25, 0.3) is 0 Å². The van der Waals surface area contributed by atoms with Crippen molar-refractivity contribution in [2.45, 2.75) is 46.2 Å². The molecule has 2 rings (SSSR count). The van der Waals surface area contributed by atoms with Crippen LogP contribution in [0.1, 0.15) is 42.4 Å². The summed E-state index contributed by atoms with van der Waals surface area (Å²) < 4.78 is 2.03. The number of aromatic nitrogens is 2. The first-order valence-electron chi connectivity index (χ1n) is 7.13. The van der Waals surface area contributed by atoms with Crippen LogP contribution >= 0.6 is 11.6 Å². The van der Waals surface area contributed by atoms with Gasteiger partial charge < -0.3 is 5.73 Å². The van der Waals surface area contributed by atoms with Crippen LogP contribution in [0.4, 0.5) is 0 Å². The summed E-state index contributed by atoms with van der Waals surface area (Å²) in [6, 6.07) is 8.06. The van der Waals surface area contributed by atoms with E-state index < -0.39 is 0 Å². The van der Waals surface area contributed by atoms with Crippen molar-refractivity contribution in [3.05, 3.63) is 51.8 Å². The third kappa shape index (κ3) is 3.05. The van der Waals surface area contributed by atoms with Gasteiger partial charge in [-0.1, -0.05) is 36.7 Å². The molecule has 0 saturated heterocycles. The lowest BCUT2D eigenvalue weighted by molar-refractivity contribution is 0.585. The van der Waals surface area contributed by atoms with Crippen molar-refractivity contribution in [3.63, 3.8) is 0 Å². The molecular formula is C16H22ClN3. The Hall–Kier alpha value is -1.32.